The lowest BCUT2D eigenvalue weighted by atomic mass is 10.1. The van der Waals surface area contributed by atoms with Crippen LogP contribution in [0.4, 0.5) is 5.69 Å². The van der Waals surface area contributed by atoms with E-state index in [2.05, 4.69) is 10.3 Å². The molecular formula is C13H10Cl2N2O. The fourth-order valence-electron chi connectivity index (χ4n) is 1.48. The van der Waals surface area contributed by atoms with Crippen molar-refractivity contribution >= 4 is 34.8 Å². The summed E-state index contributed by atoms with van der Waals surface area (Å²) in [4.78, 5) is 15.7. The summed E-state index contributed by atoms with van der Waals surface area (Å²) in [7, 11) is 0. The van der Waals surface area contributed by atoms with Gasteiger partial charge in [-0.3, -0.25) is 9.78 Å². The van der Waals surface area contributed by atoms with Crippen molar-refractivity contribution in [3.8, 4) is 0 Å². The molecule has 5 heteroatoms. The van der Waals surface area contributed by atoms with Crippen molar-refractivity contribution in [2.45, 2.75) is 6.42 Å². The summed E-state index contributed by atoms with van der Waals surface area (Å²) in [6, 6.07) is 8.60. The van der Waals surface area contributed by atoms with E-state index < -0.39 is 0 Å². The highest BCUT2D eigenvalue weighted by molar-refractivity contribution is 6.35. The van der Waals surface area contributed by atoms with E-state index in [0.29, 0.717) is 15.7 Å². The maximum atomic E-state index is 11.8. The van der Waals surface area contributed by atoms with E-state index in [1.54, 1.807) is 42.7 Å². The van der Waals surface area contributed by atoms with E-state index in [1.807, 2.05) is 0 Å². The van der Waals surface area contributed by atoms with Gasteiger partial charge < -0.3 is 5.32 Å². The molecular weight excluding hydrogens is 271 g/mol. The third-order valence-electron chi connectivity index (χ3n) is 2.31. The van der Waals surface area contributed by atoms with E-state index in [1.165, 1.54) is 0 Å². The van der Waals surface area contributed by atoms with Crippen LogP contribution in [-0.2, 0) is 11.2 Å². The second kappa shape index (κ2) is 5.85. The summed E-state index contributed by atoms with van der Waals surface area (Å²) in [5, 5.41) is 3.78. The molecule has 0 unspecified atom stereocenters. The van der Waals surface area contributed by atoms with Gasteiger partial charge in [0.15, 0.2) is 0 Å². The van der Waals surface area contributed by atoms with Crippen molar-refractivity contribution < 1.29 is 4.79 Å². The largest absolute Gasteiger partial charge is 0.324 e. The number of nitrogens with zero attached hydrogens (tertiary/aromatic N) is 1. The number of amides is 1. The number of aromatic nitrogens is 1. The lowest BCUT2D eigenvalue weighted by molar-refractivity contribution is -0.115. The Morgan fingerprint density at radius 3 is 2.78 bits per heavy atom. The molecule has 18 heavy (non-hydrogen) atoms. The molecule has 0 fully saturated rings. The maximum absolute atomic E-state index is 11.8. The Kier molecular flexibility index (Phi) is 4.18. The van der Waals surface area contributed by atoms with E-state index in [9.17, 15) is 4.79 Å². The maximum Gasteiger partial charge on any atom is 0.228 e. The second-order valence-electron chi connectivity index (χ2n) is 3.70. The van der Waals surface area contributed by atoms with E-state index >= 15 is 0 Å². The molecule has 2 rings (SSSR count). The number of hydrogen-bond donors (Lipinski definition) is 1. The van der Waals surface area contributed by atoms with Gasteiger partial charge in [-0.2, -0.15) is 0 Å². The molecule has 0 spiro atoms. The van der Waals surface area contributed by atoms with Gasteiger partial charge in [0.25, 0.3) is 0 Å². The van der Waals surface area contributed by atoms with Crippen molar-refractivity contribution in [1.29, 1.82) is 0 Å². The van der Waals surface area contributed by atoms with E-state index in [0.717, 1.165) is 5.56 Å². The molecule has 1 amide bonds. The van der Waals surface area contributed by atoms with Crippen LogP contribution in [0.5, 0.6) is 0 Å². The standard InChI is InChI=1S/C13H10Cl2N2O/c14-10-4-3-9(12(15)7-10)6-13(18)17-11-2-1-5-16-8-11/h1-5,7-8H,6H2,(H,17,18). The van der Waals surface area contributed by atoms with Crippen molar-refractivity contribution in [3.05, 3.63) is 58.3 Å². The number of pyridine rings is 1. The van der Waals surface area contributed by atoms with Gasteiger partial charge in [0.05, 0.1) is 18.3 Å². The minimum absolute atomic E-state index is 0.146. The monoisotopic (exact) mass is 280 g/mol. The number of hydrogen-bond acceptors (Lipinski definition) is 2. The summed E-state index contributed by atoms with van der Waals surface area (Å²) in [5.41, 5.74) is 1.40. The molecule has 0 aliphatic carbocycles. The van der Waals surface area contributed by atoms with Gasteiger partial charge in [0.1, 0.15) is 0 Å². The third kappa shape index (κ3) is 3.45. The summed E-state index contributed by atoms with van der Waals surface area (Å²) in [6.45, 7) is 0. The average Bonchev–Trinajstić information content (AvgIpc) is 2.34. The molecule has 0 aliphatic heterocycles. The fraction of sp³-hybridized carbons (Fsp3) is 0.0769. The molecule has 92 valence electrons. The van der Waals surface area contributed by atoms with E-state index in [4.69, 9.17) is 23.2 Å². The van der Waals surface area contributed by atoms with Crippen molar-refractivity contribution in [3.63, 3.8) is 0 Å². The van der Waals surface area contributed by atoms with Crippen LogP contribution in [0.2, 0.25) is 10.0 Å². The molecule has 0 atom stereocenters. The topological polar surface area (TPSA) is 42.0 Å². The Hall–Kier alpha value is -1.58. The summed E-state index contributed by atoms with van der Waals surface area (Å²) in [6.07, 6.45) is 3.43. The molecule has 1 aromatic heterocycles. The highest BCUT2D eigenvalue weighted by Gasteiger charge is 2.07. The number of anilines is 1. The van der Waals surface area contributed by atoms with Crippen LogP contribution in [0.15, 0.2) is 42.7 Å². The van der Waals surface area contributed by atoms with Crippen LogP contribution in [0.25, 0.3) is 0 Å². The van der Waals surface area contributed by atoms with Crippen LogP contribution < -0.4 is 5.32 Å². The molecule has 2 aromatic rings. The Labute approximate surface area is 115 Å². The lowest BCUT2D eigenvalue weighted by Crippen LogP contribution is -2.14. The zero-order valence-corrected chi connectivity index (χ0v) is 10.9. The number of benzene rings is 1. The fourth-order valence-corrected chi connectivity index (χ4v) is 1.96. The first-order valence-electron chi connectivity index (χ1n) is 5.29. The minimum atomic E-state index is -0.146. The smallest absolute Gasteiger partial charge is 0.228 e. The quantitative estimate of drug-likeness (QED) is 0.934. The number of rotatable bonds is 3. The summed E-state index contributed by atoms with van der Waals surface area (Å²) < 4.78 is 0. The zero-order chi connectivity index (χ0) is 13.0. The van der Waals surface area contributed by atoms with Gasteiger partial charge in [-0.1, -0.05) is 29.3 Å². The van der Waals surface area contributed by atoms with Gasteiger partial charge in [-0.05, 0) is 29.8 Å². The van der Waals surface area contributed by atoms with Crippen LogP contribution in [0.1, 0.15) is 5.56 Å². The van der Waals surface area contributed by atoms with Gasteiger partial charge in [0, 0.05) is 16.2 Å². The zero-order valence-electron chi connectivity index (χ0n) is 9.36. The first-order valence-corrected chi connectivity index (χ1v) is 6.04. The molecule has 0 aliphatic rings. The molecule has 1 heterocycles. The Balaban J connectivity index is 2.03. The highest BCUT2D eigenvalue weighted by Crippen LogP contribution is 2.21. The normalized spacial score (nSPS) is 10.1. The number of carbonyl (C=O) groups is 1. The number of nitrogens with one attached hydrogen (secondary N) is 1. The Morgan fingerprint density at radius 2 is 2.11 bits per heavy atom. The van der Waals surface area contributed by atoms with Crippen LogP contribution in [0, 0.1) is 0 Å². The molecule has 1 N–H and O–H groups in total. The molecule has 0 saturated carbocycles. The van der Waals surface area contributed by atoms with Gasteiger partial charge in [-0.15, -0.1) is 0 Å². The van der Waals surface area contributed by atoms with Crippen molar-refractivity contribution in [1.82, 2.24) is 4.98 Å². The summed E-state index contributed by atoms with van der Waals surface area (Å²) >= 11 is 11.8. The average molecular weight is 281 g/mol. The third-order valence-corrected chi connectivity index (χ3v) is 2.90. The first kappa shape index (κ1) is 12.9. The SMILES string of the molecule is O=C(Cc1ccc(Cl)cc1Cl)Nc1cccnc1. The number of halogens is 2. The molecule has 0 radical (unpaired) electrons. The first-order chi connectivity index (χ1) is 8.65. The molecule has 1 aromatic carbocycles. The second-order valence-corrected chi connectivity index (χ2v) is 4.55. The molecule has 0 bridgehead atoms. The molecule has 3 nitrogen and oxygen atoms in total. The van der Waals surface area contributed by atoms with Gasteiger partial charge in [-0.25, -0.2) is 0 Å². The Morgan fingerprint density at radius 1 is 1.28 bits per heavy atom. The molecule has 0 saturated heterocycles. The van der Waals surface area contributed by atoms with Crippen LogP contribution in [0.3, 0.4) is 0 Å². The Bertz CT molecular complexity index is 558. The highest BCUT2D eigenvalue weighted by atomic mass is 35.5. The lowest BCUT2D eigenvalue weighted by Gasteiger charge is -2.06. The summed E-state index contributed by atoms with van der Waals surface area (Å²) in [5.74, 6) is -0.146. The van der Waals surface area contributed by atoms with Crippen molar-refractivity contribution in [2.75, 3.05) is 5.32 Å². The van der Waals surface area contributed by atoms with Crippen molar-refractivity contribution in [2.24, 2.45) is 0 Å². The van der Waals surface area contributed by atoms with Gasteiger partial charge in [0.2, 0.25) is 5.91 Å². The van der Waals surface area contributed by atoms with Crippen LogP contribution in [-0.4, -0.2) is 10.9 Å². The van der Waals surface area contributed by atoms with E-state index in [-0.39, 0.29) is 12.3 Å². The minimum Gasteiger partial charge on any atom is -0.324 e. The number of carbonyl (C=O) groups excluding carboxylic acids is 1. The predicted octanol–water partition coefficient (Wildman–Crippen LogP) is 3.57. The predicted molar refractivity (Wildman–Crippen MR) is 73.0 cm³/mol. The van der Waals surface area contributed by atoms with Crippen LogP contribution >= 0.6 is 23.2 Å². The van der Waals surface area contributed by atoms with Gasteiger partial charge >= 0.3 is 0 Å².